The molecule has 0 N–H and O–H groups in total. The average molecular weight is 758 g/mol. The Balaban J connectivity index is 1.44. The van der Waals surface area contributed by atoms with Crippen LogP contribution >= 0.6 is 0 Å². The quantitative estimate of drug-likeness (QED) is 0.159. The van der Waals surface area contributed by atoms with Crippen molar-refractivity contribution >= 4 is 27.5 Å². The fraction of sp³-hybridized carbons (Fsp3) is 0.0400. The Labute approximate surface area is 332 Å². The van der Waals surface area contributed by atoms with Gasteiger partial charge >= 0.3 is 6.18 Å². The number of hydrogen-bond donors (Lipinski definition) is 0. The molecule has 0 aliphatic rings. The molecule has 0 saturated carbocycles. The third-order valence-corrected chi connectivity index (χ3v) is 10.3. The number of aromatic nitrogens is 3. The summed E-state index contributed by atoms with van der Waals surface area (Å²) >= 11 is 0. The lowest BCUT2D eigenvalue weighted by Crippen LogP contribution is -2.06. The Kier molecular flexibility index (Phi) is 8.88. The van der Waals surface area contributed by atoms with Gasteiger partial charge in [-0.15, -0.1) is 0 Å². The third-order valence-electron chi connectivity index (χ3n) is 10.3. The van der Waals surface area contributed by atoms with Crippen LogP contribution in [0.2, 0.25) is 0 Å². The van der Waals surface area contributed by atoms with E-state index >= 15 is 0 Å². The number of aryl methyl sites for hydroxylation is 1. The van der Waals surface area contributed by atoms with E-state index in [0.29, 0.717) is 50.8 Å². The fourth-order valence-corrected chi connectivity index (χ4v) is 7.60. The zero-order chi connectivity index (χ0) is 40.0. The molecular formula is C50H30F3N5. The van der Waals surface area contributed by atoms with Gasteiger partial charge in [0, 0.05) is 33.2 Å². The topological polar surface area (TPSA) is 58.9 Å². The van der Waals surface area contributed by atoms with Gasteiger partial charge in [-0.2, -0.15) is 18.4 Å². The summed E-state index contributed by atoms with van der Waals surface area (Å²) < 4.78 is 45.5. The molecule has 0 unspecified atom stereocenters. The number of benzene rings is 7. The molecule has 0 fully saturated rings. The second kappa shape index (κ2) is 14.4. The first-order valence-corrected chi connectivity index (χ1v) is 18.5. The Morgan fingerprint density at radius 2 is 1.16 bits per heavy atom. The predicted molar refractivity (Wildman–Crippen MR) is 224 cm³/mol. The normalized spacial score (nSPS) is 11.4. The van der Waals surface area contributed by atoms with Crippen molar-refractivity contribution in [2.24, 2.45) is 0 Å². The molecule has 9 rings (SSSR count). The Morgan fingerprint density at radius 1 is 0.586 bits per heavy atom. The highest BCUT2D eigenvalue weighted by atomic mass is 19.4. The first-order valence-electron chi connectivity index (χ1n) is 18.5. The summed E-state index contributed by atoms with van der Waals surface area (Å²) in [4.78, 5) is 13.9. The molecule has 58 heavy (non-hydrogen) atoms. The SMILES string of the molecule is [C-]#[N+]c1ccc2c(c1)c1cc(C#N)ccc1n2-c1c(-c2cccc(C)c2)cc(-c2nc(-c3ccccc3)cc(-c3ccccc3)n2)cc1-c1cccc(C(F)(F)F)c1. The summed E-state index contributed by atoms with van der Waals surface area (Å²) in [6, 6.07) is 51.8. The van der Waals surface area contributed by atoms with E-state index in [1.54, 1.807) is 30.3 Å². The van der Waals surface area contributed by atoms with Crippen molar-refractivity contribution in [1.82, 2.24) is 14.5 Å². The Morgan fingerprint density at radius 3 is 1.74 bits per heavy atom. The number of fused-ring (bicyclic) bond motifs is 3. The lowest BCUT2D eigenvalue weighted by molar-refractivity contribution is -0.137. The van der Waals surface area contributed by atoms with Crippen LogP contribution < -0.4 is 0 Å². The highest BCUT2D eigenvalue weighted by Crippen LogP contribution is 2.45. The van der Waals surface area contributed by atoms with Crippen molar-refractivity contribution in [2.75, 3.05) is 0 Å². The molecule has 8 heteroatoms. The van der Waals surface area contributed by atoms with E-state index in [9.17, 15) is 18.4 Å². The molecule has 0 saturated heterocycles. The lowest BCUT2D eigenvalue weighted by atomic mass is 9.91. The summed E-state index contributed by atoms with van der Waals surface area (Å²) in [5.74, 6) is 0.400. The number of alkyl halides is 3. The molecule has 0 aliphatic carbocycles. The number of nitriles is 1. The lowest BCUT2D eigenvalue weighted by Gasteiger charge is -2.22. The molecule has 0 aliphatic heterocycles. The summed E-state index contributed by atoms with van der Waals surface area (Å²) in [5, 5.41) is 11.4. The predicted octanol–water partition coefficient (Wildman–Crippen LogP) is 13.7. The maximum absolute atomic E-state index is 14.5. The molecule has 5 nitrogen and oxygen atoms in total. The van der Waals surface area contributed by atoms with Gasteiger partial charge < -0.3 is 4.57 Å². The van der Waals surface area contributed by atoms with Gasteiger partial charge in [0.25, 0.3) is 0 Å². The van der Waals surface area contributed by atoms with Crippen molar-refractivity contribution < 1.29 is 13.2 Å². The van der Waals surface area contributed by atoms with Crippen LogP contribution in [-0.2, 0) is 6.18 Å². The van der Waals surface area contributed by atoms with Crippen LogP contribution in [0.15, 0.2) is 164 Å². The van der Waals surface area contributed by atoms with Crippen LogP contribution in [-0.4, -0.2) is 14.5 Å². The van der Waals surface area contributed by atoms with Gasteiger partial charge in [0.05, 0.1) is 51.9 Å². The van der Waals surface area contributed by atoms with Gasteiger partial charge in [0.1, 0.15) is 0 Å². The summed E-state index contributed by atoms with van der Waals surface area (Å²) in [6.07, 6.45) is -4.60. The minimum absolute atomic E-state index is 0.337. The fourth-order valence-electron chi connectivity index (χ4n) is 7.60. The van der Waals surface area contributed by atoms with Crippen molar-refractivity contribution in [3.05, 3.63) is 192 Å². The Bertz CT molecular complexity index is 3010. The van der Waals surface area contributed by atoms with Crippen molar-refractivity contribution in [3.8, 4) is 67.9 Å². The number of halogens is 3. The largest absolute Gasteiger partial charge is 0.416 e. The number of hydrogen-bond acceptors (Lipinski definition) is 3. The maximum Gasteiger partial charge on any atom is 0.416 e. The van der Waals surface area contributed by atoms with E-state index in [-0.39, 0.29) is 0 Å². The molecule has 276 valence electrons. The second-order valence-corrected chi connectivity index (χ2v) is 14.1. The monoisotopic (exact) mass is 757 g/mol. The molecule has 0 bridgehead atoms. The van der Waals surface area contributed by atoms with Gasteiger partial charge in [-0.05, 0) is 84.1 Å². The summed E-state index contributed by atoms with van der Waals surface area (Å²) in [5.41, 5.74) is 9.29. The zero-order valence-corrected chi connectivity index (χ0v) is 31.0. The van der Waals surface area contributed by atoms with E-state index in [2.05, 4.69) is 10.9 Å². The smallest absolute Gasteiger partial charge is 0.308 e. The zero-order valence-electron chi connectivity index (χ0n) is 31.0. The van der Waals surface area contributed by atoms with E-state index in [1.807, 2.05) is 127 Å². The Hall–Kier alpha value is -7.81. The summed E-state index contributed by atoms with van der Waals surface area (Å²) in [7, 11) is 0. The molecule has 2 heterocycles. The minimum Gasteiger partial charge on any atom is -0.308 e. The van der Waals surface area contributed by atoms with Gasteiger partial charge in [0.2, 0.25) is 0 Å². The highest BCUT2D eigenvalue weighted by Gasteiger charge is 2.31. The standard InChI is InChI=1S/C50H30F3N5/c1-31-11-9-16-35(23-31)40-26-37(49-56-44(33-12-5-3-6-13-33)29-45(57-49)34-14-7-4-8-15-34)27-41(36-17-10-18-38(25-36)50(51,52)53)48(40)58-46-21-19-32(30-54)24-42(46)43-28-39(55-2)20-22-47(43)58/h3-29H,1H3. The van der Waals surface area contributed by atoms with E-state index in [1.165, 1.54) is 12.1 Å². The van der Waals surface area contributed by atoms with E-state index in [0.717, 1.165) is 55.7 Å². The first-order chi connectivity index (χ1) is 28.2. The van der Waals surface area contributed by atoms with E-state index in [4.69, 9.17) is 16.5 Å². The van der Waals surface area contributed by atoms with Crippen molar-refractivity contribution in [1.29, 1.82) is 5.26 Å². The number of nitrogens with zero attached hydrogens (tertiary/aromatic N) is 5. The van der Waals surface area contributed by atoms with Crippen LogP contribution in [0, 0.1) is 24.8 Å². The van der Waals surface area contributed by atoms with Crippen LogP contribution in [0.4, 0.5) is 18.9 Å². The van der Waals surface area contributed by atoms with Gasteiger partial charge in [-0.3, -0.25) is 0 Å². The molecule has 9 aromatic rings. The van der Waals surface area contributed by atoms with Crippen LogP contribution in [0.5, 0.6) is 0 Å². The number of rotatable bonds is 6. The molecule has 7 aromatic carbocycles. The van der Waals surface area contributed by atoms with Gasteiger partial charge in [-0.25, -0.2) is 14.8 Å². The van der Waals surface area contributed by atoms with Gasteiger partial charge in [-0.1, -0.05) is 109 Å². The molecule has 0 atom stereocenters. The molecule has 0 spiro atoms. The maximum atomic E-state index is 14.5. The summed E-state index contributed by atoms with van der Waals surface area (Å²) in [6.45, 7) is 9.76. The highest BCUT2D eigenvalue weighted by molar-refractivity contribution is 6.12. The minimum atomic E-state index is -4.60. The van der Waals surface area contributed by atoms with Gasteiger partial charge in [0.15, 0.2) is 11.5 Å². The van der Waals surface area contributed by atoms with Crippen molar-refractivity contribution in [3.63, 3.8) is 0 Å². The first kappa shape index (κ1) is 35.9. The third kappa shape index (κ3) is 6.53. The molecule has 2 aromatic heterocycles. The van der Waals surface area contributed by atoms with E-state index < -0.39 is 11.7 Å². The van der Waals surface area contributed by atoms with Crippen LogP contribution in [0.25, 0.3) is 88.5 Å². The average Bonchev–Trinajstić information content (AvgIpc) is 3.58. The molecule has 0 amide bonds. The van der Waals surface area contributed by atoms with Crippen LogP contribution in [0.3, 0.4) is 0 Å². The second-order valence-electron chi connectivity index (χ2n) is 14.1. The molecule has 0 radical (unpaired) electrons. The molecular weight excluding hydrogens is 728 g/mol. The van der Waals surface area contributed by atoms with Crippen molar-refractivity contribution in [2.45, 2.75) is 13.1 Å². The van der Waals surface area contributed by atoms with Crippen LogP contribution in [0.1, 0.15) is 16.7 Å².